The topological polar surface area (TPSA) is 89.7 Å². The van der Waals surface area contributed by atoms with Crippen LogP contribution in [0, 0.1) is 16.0 Å². The first-order chi connectivity index (χ1) is 8.08. The molecule has 0 heterocycles. The zero-order chi connectivity index (χ0) is 12.4. The minimum atomic E-state index is -1.13. The molecular weight excluding hydrogens is 226 g/mol. The molecule has 0 aromatic heterocycles. The fraction of sp³-hybridized carbons (Fsp3) is 0.364. The van der Waals surface area contributed by atoms with Crippen molar-refractivity contribution in [2.75, 3.05) is 6.61 Å². The molecule has 0 amide bonds. The Morgan fingerprint density at radius 3 is 2.76 bits per heavy atom. The normalized spacial score (nSPS) is 14.4. The largest absolute Gasteiger partial charge is 0.487 e. The third-order valence-corrected chi connectivity index (χ3v) is 2.57. The summed E-state index contributed by atoms with van der Waals surface area (Å²) in [6.07, 6.45) is 2.12. The van der Waals surface area contributed by atoms with Crippen LogP contribution in [0.4, 0.5) is 5.69 Å². The van der Waals surface area contributed by atoms with E-state index in [4.69, 9.17) is 9.84 Å². The average molecular weight is 237 g/mol. The lowest BCUT2D eigenvalue weighted by Crippen LogP contribution is -2.04. The zero-order valence-electron chi connectivity index (χ0n) is 8.96. The predicted octanol–water partition coefficient (Wildman–Crippen LogP) is 2.08. The van der Waals surface area contributed by atoms with Crippen LogP contribution in [0.2, 0.25) is 0 Å². The molecule has 0 unspecified atom stereocenters. The number of nitro groups is 1. The highest BCUT2D eigenvalue weighted by Gasteiger charge is 2.24. The highest BCUT2D eigenvalue weighted by molar-refractivity contribution is 5.88. The van der Waals surface area contributed by atoms with Crippen LogP contribution in [-0.2, 0) is 0 Å². The second-order valence-electron chi connectivity index (χ2n) is 4.00. The molecule has 1 aromatic rings. The van der Waals surface area contributed by atoms with E-state index in [2.05, 4.69) is 0 Å². The lowest BCUT2D eigenvalue weighted by Gasteiger charge is -2.06. The van der Waals surface area contributed by atoms with Crippen molar-refractivity contribution in [2.45, 2.75) is 12.8 Å². The summed E-state index contributed by atoms with van der Waals surface area (Å²) in [4.78, 5) is 20.9. The Hall–Kier alpha value is -2.11. The molecule has 0 bridgehead atoms. The number of benzene rings is 1. The van der Waals surface area contributed by atoms with E-state index in [1.165, 1.54) is 12.1 Å². The van der Waals surface area contributed by atoms with Crippen molar-refractivity contribution in [3.63, 3.8) is 0 Å². The number of nitrogens with zero attached hydrogens (tertiary/aromatic N) is 1. The van der Waals surface area contributed by atoms with Gasteiger partial charge in [-0.25, -0.2) is 4.79 Å². The fourth-order valence-electron chi connectivity index (χ4n) is 1.41. The van der Waals surface area contributed by atoms with Gasteiger partial charge in [-0.15, -0.1) is 0 Å². The van der Waals surface area contributed by atoms with Crippen molar-refractivity contribution >= 4 is 11.7 Å². The summed E-state index contributed by atoms with van der Waals surface area (Å²) < 4.78 is 5.31. The molecular formula is C11H11NO5. The average Bonchev–Trinajstić information content (AvgIpc) is 3.09. The number of carboxylic acids is 1. The number of nitro benzene ring substituents is 1. The maximum absolute atomic E-state index is 10.8. The third-order valence-electron chi connectivity index (χ3n) is 2.57. The van der Waals surface area contributed by atoms with Crippen LogP contribution in [0.1, 0.15) is 23.2 Å². The maximum Gasteiger partial charge on any atom is 0.335 e. The number of carboxylic acid groups (broad SMARTS) is 1. The van der Waals surface area contributed by atoms with Crippen LogP contribution in [-0.4, -0.2) is 22.6 Å². The van der Waals surface area contributed by atoms with Crippen molar-refractivity contribution in [3.05, 3.63) is 33.9 Å². The summed E-state index contributed by atoms with van der Waals surface area (Å²) in [7, 11) is 0. The highest BCUT2D eigenvalue weighted by atomic mass is 16.6. The monoisotopic (exact) mass is 237 g/mol. The van der Waals surface area contributed by atoms with Crippen LogP contribution in [0.25, 0.3) is 0 Å². The number of aromatic carboxylic acids is 1. The number of hydrogen-bond acceptors (Lipinski definition) is 4. The third kappa shape index (κ3) is 2.72. The van der Waals surface area contributed by atoms with Gasteiger partial charge in [0.2, 0.25) is 0 Å². The Balaban J connectivity index is 2.24. The number of hydrogen-bond donors (Lipinski definition) is 1. The van der Waals surface area contributed by atoms with Gasteiger partial charge in [-0.2, -0.15) is 0 Å². The molecule has 2 rings (SSSR count). The van der Waals surface area contributed by atoms with E-state index in [1.807, 2.05) is 0 Å². The molecule has 90 valence electrons. The number of carbonyl (C=O) groups is 1. The molecule has 6 heteroatoms. The Bertz CT molecular complexity index is 467. The molecule has 1 aliphatic carbocycles. The SMILES string of the molecule is O=C(O)c1ccc([N+](=O)[O-])c(OCC2CC2)c1. The molecule has 0 atom stereocenters. The van der Waals surface area contributed by atoms with Crippen LogP contribution < -0.4 is 4.74 Å². The van der Waals surface area contributed by atoms with Crippen LogP contribution >= 0.6 is 0 Å². The van der Waals surface area contributed by atoms with Crippen LogP contribution in [0.3, 0.4) is 0 Å². The van der Waals surface area contributed by atoms with Crippen LogP contribution in [0.5, 0.6) is 5.75 Å². The molecule has 0 aliphatic heterocycles. The van der Waals surface area contributed by atoms with Gasteiger partial charge >= 0.3 is 11.7 Å². The van der Waals surface area contributed by atoms with Crippen molar-refractivity contribution in [3.8, 4) is 5.75 Å². The minimum absolute atomic E-state index is 0.0126. The van der Waals surface area contributed by atoms with E-state index in [0.29, 0.717) is 12.5 Å². The summed E-state index contributed by atoms with van der Waals surface area (Å²) in [5, 5.41) is 19.5. The lowest BCUT2D eigenvalue weighted by molar-refractivity contribution is -0.385. The van der Waals surface area contributed by atoms with E-state index in [0.717, 1.165) is 18.9 Å². The van der Waals surface area contributed by atoms with Gasteiger partial charge in [-0.3, -0.25) is 10.1 Å². The second-order valence-corrected chi connectivity index (χ2v) is 4.00. The molecule has 6 nitrogen and oxygen atoms in total. The van der Waals surface area contributed by atoms with Crippen molar-refractivity contribution in [1.29, 1.82) is 0 Å². The van der Waals surface area contributed by atoms with Crippen molar-refractivity contribution in [2.24, 2.45) is 5.92 Å². The van der Waals surface area contributed by atoms with Gasteiger partial charge in [0.05, 0.1) is 17.1 Å². The number of rotatable bonds is 5. The van der Waals surface area contributed by atoms with E-state index in [1.54, 1.807) is 0 Å². The summed E-state index contributed by atoms with van der Waals surface area (Å²) in [5.41, 5.74) is -0.211. The van der Waals surface area contributed by atoms with Gasteiger partial charge in [0.25, 0.3) is 0 Å². The molecule has 1 fully saturated rings. The molecule has 1 aromatic carbocycles. The quantitative estimate of drug-likeness (QED) is 0.625. The molecule has 1 saturated carbocycles. The first kappa shape index (κ1) is 11.4. The lowest BCUT2D eigenvalue weighted by atomic mass is 10.2. The Morgan fingerprint density at radius 1 is 1.53 bits per heavy atom. The maximum atomic E-state index is 10.8. The van der Waals surface area contributed by atoms with Gasteiger partial charge < -0.3 is 9.84 Å². The zero-order valence-corrected chi connectivity index (χ0v) is 8.96. The van der Waals surface area contributed by atoms with Crippen molar-refractivity contribution in [1.82, 2.24) is 0 Å². The van der Waals surface area contributed by atoms with Gasteiger partial charge in [-0.1, -0.05) is 0 Å². The Kier molecular flexibility index (Phi) is 2.95. The van der Waals surface area contributed by atoms with Gasteiger partial charge in [-0.05, 0) is 24.8 Å². The molecule has 0 radical (unpaired) electrons. The first-order valence-corrected chi connectivity index (χ1v) is 5.22. The first-order valence-electron chi connectivity index (χ1n) is 5.22. The van der Waals surface area contributed by atoms with Crippen molar-refractivity contribution < 1.29 is 19.6 Å². The molecule has 0 saturated heterocycles. The predicted molar refractivity (Wildman–Crippen MR) is 58.3 cm³/mol. The summed E-state index contributed by atoms with van der Waals surface area (Å²) >= 11 is 0. The minimum Gasteiger partial charge on any atom is -0.487 e. The number of ether oxygens (including phenoxy) is 1. The standard InChI is InChI=1S/C11H11NO5/c13-11(14)8-3-4-9(12(15)16)10(5-8)17-6-7-1-2-7/h3-5,7H,1-2,6H2,(H,13,14). The van der Waals surface area contributed by atoms with Crippen LogP contribution in [0.15, 0.2) is 18.2 Å². The smallest absolute Gasteiger partial charge is 0.335 e. The van der Waals surface area contributed by atoms with E-state index in [9.17, 15) is 14.9 Å². The van der Waals surface area contributed by atoms with Gasteiger partial charge in [0, 0.05) is 12.1 Å². The molecule has 1 aliphatic rings. The summed E-state index contributed by atoms with van der Waals surface area (Å²) in [5.74, 6) is -0.652. The summed E-state index contributed by atoms with van der Waals surface area (Å²) in [6.45, 7) is 0.407. The van der Waals surface area contributed by atoms with E-state index in [-0.39, 0.29) is 17.0 Å². The molecule has 1 N–H and O–H groups in total. The fourth-order valence-corrected chi connectivity index (χ4v) is 1.41. The highest BCUT2D eigenvalue weighted by Crippen LogP contribution is 2.33. The van der Waals surface area contributed by atoms with Gasteiger partial charge in [0.1, 0.15) is 0 Å². The summed E-state index contributed by atoms with van der Waals surface area (Å²) in [6, 6.07) is 3.55. The van der Waals surface area contributed by atoms with E-state index >= 15 is 0 Å². The van der Waals surface area contributed by atoms with Gasteiger partial charge in [0.15, 0.2) is 5.75 Å². The molecule has 17 heavy (non-hydrogen) atoms. The Morgan fingerprint density at radius 2 is 2.24 bits per heavy atom. The second kappa shape index (κ2) is 4.40. The Labute approximate surface area is 97.0 Å². The van der Waals surface area contributed by atoms with E-state index < -0.39 is 10.9 Å². The molecule has 0 spiro atoms.